The second-order valence-corrected chi connectivity index (χ2v) is 10.6. The molecule has 3 aromatic rings. The van der Waals surface area contributed by atoms with Gasteiger partial charge in [0.1, 0.15) is 22.8 Å². The van der Waals surface area contributed by atoms with Gasteiger partial charge in [0.05, 0.1) is 29.7 Å². The highest BCUT2D eigenvalue weighted by Gasteiger charge is 2.34. The molecule has 0 spiro atoms. The van der Waals surface area contributed by atoms with Crippen LogP contribution in [0.4, 0.5) is 0 Å². The monoisotopic (exact) mass is 579 g/mol. The number of hydrogen-bond acceptors (Lipinski definition) is 9. The molecule has 2 bridgehead atoms. The SMILES string of the molecule is CCCCc1oc2cc3c(CO)c(c2c1C(=O)c1ccc(OCCCN(CCCC)CCCC)cc1)OC(=O)C(=O)O3. The largest absolute Gasteiger partial charge is 0.494 e. The summed E-state index contributed by atoms with van der Waals surface area (Å²) in [5.74, 6) is -1.79. The van der Waals surface area contributed by atoms with Crippen molar-refractivity contribution >= 4 is 28.7 Å². The third kappa shape index (κ3) is 7.20. The Morgan fingerprint density at radius 3 is 2.17 bits per heavy atom. The van der Waals surface area contributed by atoms with Crippen LogP contribution in [0.1, 0.15) is 93.0 Å². The summed E-state index contributed by atoms with van der Waals surface area (Å²) < 4.78 is 22.5. The molecular formula is C33H41NO8. The van der Waals surface area contributed by atoms with E-state index in [2.05, 4.69) is 18.7 Å². The minimum absolute atomic E-state index is 0.0361. The lowest BCUT2D eigenvalue weighted by Gasteiger charge is -2.21. The number of carbonyl (C=O) groups excluding carboxylic acids is 3. The Labute approximate surface area is 246 Å². The summed E-state index contributed by atoms with van der Waals surface area (Å²) in [5, 5.41) is 10.3. The predicted molar refractivity (Wildman–Crippen MR) is 158 cm³/mol. The number of fused-ring (bicyclic) bond motifs is 4. The molecule has 1 N–H and O–H groups in total. The molecule has 9 nitrogen and oxygen atoms in total. The van der Waals surface area contributed by atoms with Crippen LogP contribution in [0.25, 0.3) is 11.0 Å². The second-order valence-electron chi connectivity index (χ2n) is 10.6. The van der Waals surface area contributed by atoms with Crippen LogP contribution in [-0.4, -0.2) is 54.0 Å². The number of hydrogen-bond donors (Lipinski definition) is 1. The Morgan fingerprint density at radius 2 is 1.52 bits per heavy atom. The van der Waals surface area contributed by atoms with E-state index >= 15 is 0 Å². The van der Waals surface area contributed by atoms with Gasteiger partial charge in [-0.25, -0.2) is 9.59 Å². The summed E-state index contributed by atoms with van der Waals surface area (Å²) in [6.45, 7) is 9.69. The zero-order valence-electron chi connectivity index (χ0n) is 24.8. The van der Waals surface area contributed by atoms with Crippen molar-refractivity contribution in [2.45, 2.75) is 78.7 Å². The number of furan rings is 1. The molecule has 9 heteroatoms. The van der Waals surface area contributed by atoms with Gasteiger partial charge in [0.15, 0.2) is 11.5 Å². The molecule has 2 heterocycles. The highest BCUT2D eigenvalue weighted by molar-refractivity contribution is 6.32. The van der Waals surface area contributed by atoms with Crippen LogP contribution in [-0.2, 0) is 22.6 Å². The number of aliphatic hydroxyl groups excluding tert-OH is 1. The first-order valence-electron chi connectivity index (χ1n) is 15.1. The van der Waals surface area contributed by atoms with E-state index in [1.165, 1.54) is 31.7 Å². The van der Waals surface area contributed by atoms with Crippen LogP contribution in [0.5, 0.6) is 17.2 Å². The van der Waals surface area contributed by atoms with Gasteiger partial charge in [0.25, 0.3) is 0 Å². The molecule has 2 aromatic carbocycles. The standard InChI is InChI=1S/C33H41NO8/c1-4-7-11-25-28(29-27(40-25)20-26-24(21-35)31(29)42-33(38)32(37)41-26)30(36)22-12-14-23(15-13-22)39-19-10-18-34(16-8-5-2)17-9-6-3/h12-15,20,35H,4-11,16-19,21H2,1-3H3. The molecule has 0 fully saturated rings. The number of nitrogens with zero attached hydrogens (tertiary/aromatic N) is 1. The molecular weight excluding hydrogens is 538 g/mol. The lowest BCUT2D eigenvalue weighted by molar-refractivity contribution is -0.155. The van der Waals surface area contributed by atoms with Crippen LogP contribution >= 0.6 is 0 Å². The van der Waals surface area contributed by atoms with E-state index in [-0.39, 0.29) is 39.4 Å². The maximum Gasteiger partial charge on any atom is 0.423 e. The molecule has 0 aliphatic carbocycles. The van der Waals surface area contributed by atoms with Gasteiger partial charge in [-0.3, -0.25) is 4.79 Å². The minimum Gasteiger partial charge on any atom is -0.494 e. The molecule has 0 saturated heterocycles. The third-order valence-corrected chi connectivity index (χ3v) is 7.44. The second kappa shape index (κ2) is 15.0. The highest BCUT2D eigenvalue weighted by Crippen LogP contribution is 2.44. The summed E-state index contributed by atoms with van der Waals surface area (Å²) in [6.07, 6.45) is 7.81. The predicted octanol–water partition coefficient (Wildman–Crippen LogP) is 5.99. The molecule has 42 heavy (non-hydrogen) atoms. The Bertz CT molecular complexity index is 1380. The van der Waals surface area contributed by atoms with Crippen molar-refractivity contribution in [2.24, 2.45) is 0 Å². The summed E-state index contributed by atoms with van der Waals surface area (Å²) in [6, 6.07) is 8.36. The molecule has 0 unspecified atom stereocenters. The van der Waals surface area contributed by atoms with E-state index in [0.717, 1.165) is 38.9 Å². The number of carbonyl (C=O) groups is 3. The molecule has 1 aliphatic rings. The number of ether oxygens (including phenoxy) is 3. The minimum atomic E-state index is -1.23. The van der Waals surface area contributed by atoms with Gasteiger partial charge < -0.3 is 28.6 Å². The Balaban J connectivity index is 1.55. The molecule has 0 atom stereocenters. The number of esters is 2. The summed E-state index contributed by atoms with van der Waals surface area (Å²) in [4.78, 5) is 40.7. The van der Waals surface area contributed by atoms with Crippen molar-refractivity contribution in [3.8, 4) is 17.2 Å². The Kier molecular flexibility index (Phi) is 11.1. The van der Waals surface area contributed by atoms with Crippen molar-refractivity contribution in [1.29, 1.82) is 0 Å². The number of rotatable bonds is 17. The van der Waals surface area contributed by atoms with Gasteiger partial charge in [-0.2, -0.15) is 0 Å². The Morgan fingerprint density at radius 1 is 0.881 bits per heavy atom. The number of aliphatic hydroxyl groups is 1. The lowest BCUT2D eigenvalue weighted by atomic mass is 9.96. The molecule has 0 saturated carbocycles. The van der Waals surface area contributed by atoms with E-state index in [4.69, 9.17) is 18.6 Å². The normalized spacial score (nSPS) is 12.9. The zero-order chi connectivity index (χ0) is 30.1. The fourth-order valence-corrected chi connectivity index (χ4v) is 5.10. The van der Waals surface area contributed by atoms with E-state index in [1.54, 1.807) is 24.3 Å². The van der Waals surface area contributed by atoms with Gasteiger partial charge in [-0.1, -0.05) is 40.0 Å². The first-order valence-corrected chi connectivity index (χ1v) is 15.1. The fraction of sp³-hybridized carbons (Fsp3) is 0.485. The zero-order valence-corrected chi connectivity index (χ0v) is 24.8. The third-order valence-electron chi connectivity index (χ3n) is 7.44. The highest BCUT2D eigenvalue weighted by atomic mass is 16.6. The van der Waals surface area contributed by atoms with Gasteiger partial charge in [0, 0.05) is 24.6 Å². The van der Waals surface area contributed by atoms with Crippen LogP contribution in [0.2, 0.25) is 0 Å². The molecule has 0 radical (unpaired) electrons. The van der Waals surface area contributed by atoms with Crippen molar-refractivity contribution < 1.29 is 38.1 Å². The van der Waals surface area contributed by atoms with E-state index in [9.17, 15) is 19.5 Å². The number of unbranched alkanes of at least 4 members (excludes halogenated alkanes) is 3. The van der Waals surface area contributed by atoms with Crippen molar-refractivity contribution in [3.63, 3.8) is 0 Å². The average Bonchev–Trinajstić information content (AvgIpc) is 3.33. The van der Waals surface area contributed by atoms with Crippen LogP contribution in [0, 0.1) is 0 Å². The fourth-order valence-electron chi connectivity index (χ4n) is 5.10. The summed E-state index contributed by atoms with van der Waals surface area (Å²) in [5.41, 5.74) is 0.985. The van der Waals surface area contributed by atoms with Crippen molar-refractivity contribution in [2.75, 3.05) is 26.2 Å². The van der Waals surface area contributed by atoms with Gasteiger partial charge >= 0.3 is 11.9 Å². The van der Waals surface area contributed by atoms with Crippen LogP contribution in [0.15, 0.2) is 34.7 Å². The molecule has 226 valence electrons. The maximum atomic E-state index is 13.9. The van der Waals surface area contributed by atoms with E-state index < -0.39 is 18.5 Å². The van der Waals surface area contributed by atoms with Crippen molar-refractivity contribution in [3.05, 3.63) is 52.8 Å². The molecule has 0 amide bonds. The smallest absolute Gasteiger partial charge is 0.423 e. The molecule has 1 aromatic heterocycles. The van der Waals surface area contributed by atoms with Crippen molar-refractivity contribution in [1.82, 2.24) is 4.90 Å². The molecule has 4 rings (SSSR count). The number of aryl methyl sites for hydroxylation is 1. The lowest BCUT2D eigenvalue weighted by Crippen LogP contribution is -2.28. The van der Waals surface area contributed by atoms with E-state index in [0.29, 0.717) is 30.1 Å². The van der Waals surface area contributed by atoms with Gasteiger partial charge in [0.2, 0.25) is 0 Å². The first kappa shape index (κ1) is 31.3. The average molecular weight is 580 g/mol. The summed E-state index contributed by atoms with van der Waals surface area (Å²) >= 11 is 0. The first-order chi connectivity index (χ1) is 20.4. The maximum absolute atomic E-state index is 13.9. The molecule has 1 aliphatic heterocycles. The summed E-state index contributed by atoms with van der Waals surface area (Å²) in [7, 11) is 0. The quantitative estimate of drug-likeness (QED) is 0.0676. The van der Waals surface area contributed by atoms with Crippen LogP contribution < -0.4 is 14.2 Å². The topological polar surface area (TPSA) is 116 Å². The number of ketones is 1. The van der Waals surface area contributed by atoms with Gasteiger partial charge in [-0.05, 0) is 63.0 Å². The van der Waals surface area contributed by atoms with Gasteiger partial charge in [-0.15, -0.1) is 0 Å². The number of benzene rings is 2. The Hall–Kier alpha value is -3.69. The van der Waals surface area contributed by atoms with E-state index in [1.807, 2.05) is 6.92 Å². The van der Waals surface area contributed by atoms with Crippen LogP contribution in [0.3, 0.4) is 0 Å².